The molecule has 3 nitrogen and oxygen atoms in total. The van der Waals surface area contributed by atoms with Gasteiger partial charge >= 0.3 is 0 Å². The van der Waals surface area contributed by atoms with Crippen molar-refractivity contribution in [3.8, 4) is 0 Å². The first-order valence-corrected chi connectivity index (χ1v) is 3.29. The number of hydrogen-bond acceptors (Lipinski definition) is 2. The van der Waals surface area contributed by atoms with Crippen molar-refractivity contribution in [3.63, 3.8) is 0 Å². The van der Waals surface area contributed by atoms with Crippen molar-refractivity contribution >= 4 is 17.3 Å². The van der Waals surface area contributed by atoms with Gasteiger partial charge in [-0.1, -0.05) is 0 Å². The third-order valence-electron chi connectivity index (χ3n) is 1.55. The van der Waals surface area contributed by atoms with Gasteiger partial charge in [0, 0.05) is 11.6 Å². The summed E-state index contributed by atoms with van der Waals surface area (Å²) in [5.74, 6) is 0. The third-order valence-corrected chi connectivity index (χ3v) is 1.55. The summed E-state index contributed by atoms with van der Waals surface area (Å²) >= 11 is 0. The van der Waals surface area contributed by atoms with E-state index < -0.39 is 0 Å². The minimum absolute atomic E-state index is 0.458. The molecule has 0 fully saturated rings. The van der Waals surface area contributed by atoms with Crippen LogP contribution in [-0.4, -0.2) is 16.3 Å². The lowest BCUT2D eigenvalue weighted by Crippen LogP contribution is -1.85. The van der Waals surface area contributed by atoms with E-state index >= 15 is 0 Å². The molecule has 2 heterocycles. The minimum atomic E-state index is 0.458. The molecule has 0 bridgehead atoms. The van der Waals surface area contributed by atoms with Gasteiger partial charge in [0.05, 0.1) is 0 Å². The van der Waals surface area contributed by atoms with Crippen LogP contribution in [0.3, 0.4) is 0 Å². The molecule has 0 unspecified atom stereocenters. The number of hydrogen-bond donors (Lipinski definition) is 1. The largest absolute Gasteiger partial charge is 0.346 e. The van der Waals surface area contributed by atoms with Crippen LogP contribution in [-0.2, 0) is 0 Å². The number of fused-ring (bicyclic) bond motifs is 1. The molecule has 1 N–H and O–H groups in total. The van der Waals surface area contributed by atoms with E-state index in [0.717, 1.165) is 17.3 Å². The fraction of sp³-hybridized carbons (Fsp3) is 0. The van der Waals surface area contributed by atoms with E-state index in [0.29, 0.717) is 5.69 Å². The van der Waals surface area contributed by atoms with E-state index in [9.17, 15) is 4.79 Å². The van der Waals surface area contributed by atoms with Crippen LogP contribution < -0.4 is 0 Å². The average molecular weight is 146 g/mol. The number of aromatic amines is 1. The summed E-state index contributed by atoms with van der Waals surface area (Å²) in [6.07, 6.45) is 2.53. The molecule has 0 radical (unpaired) electrons. The summed E-state index contributed by atoms with van der Waals surface area (Å²) in [7, 11) is 0. The normalized spacial score (nSPS) is 10.2. The van der Waals surface area contributed by atoms with Gasteiger partial charge in [0.15, 0.2) is 6.29 Å². The molecule has 2 aromatic heterocycles. The maximum Gasteiger partial charge on any atom is 0.168 e. The van der Waals surface area contributed by atoms with Crippen LogP contribution in [0.25, 0.3) is 11.0 Å². The van der Waals surface area contributed by atoms with Crippen molar-refractivity contribution in [1.82, 2.24) is 9.97 Å². The number of nitrogens with zero attached hydrogens (tertiary/aromatic N) is 1. The Hall–Kier alpha value is -1.64. The molecule has 0 aliphatic heterocycles. The van der Waals surface area contributed by atoms with Crippen LogP contribution in [0.5, 0.6) is 0 Å². The maximum absolute atomic E-state index is 10.3. The molecular weight excluding hydrogens is 140 g/mol. The zero-order valence-corrected chi connectivity index (χ0v) is 5.74. The summed E-state index contributed by atoms with van der Waals surface area (Å²) in [6, 6.07) is 5.47. The predicted molar refractivity (Wildman–Crippen MR) is 41.5 cm³/mol. The van der Waals surface area contributed by atoms with Gasteiger partial charge in [0.2, 0.25) is 0 Å². The second kappa shape index (κ2) is 2.20. The van der Waals surface area contributed by atoms with Crippen molar-refractivity contribution in [1.29, 1.82) is 0 Å². The van der Waals surface area contributed by atoms with Crippen LogP contribution in [0.1, 0.15) is 10.5 Å². The molecule has 0 aliphatic rings. The molecule has 0 aromatic carbocycles. The number of aromatic nitrogens is 2. The Kier molecular flexibility index (Phi) is 1.22. The van der Waals surface area contributed by atoms with Gasteiger partial charge in [0.1, 0.15) is 11.3 Å². The quantitative estimate of drug-likeness (QED) is 0.617. The zero-order valence-electron chi connectivity index (χ0n) is 5.74. The van der Waals surface area contributed by atoms with Gasteiger partial charge in [-0.25, -0.2) is 4.98 Å². The topological polar surface area (TPSA) is 45.8 Å². The SMILES string of the molecule is O=Cc1ccc2cc[nH]c2n1. The van der Waals surface area contributed by atoms with E-state index in [2.05, 4.69) is 9.97 Å². The number of H-pyrrole nitrogens is 1. The third kappa shape index (κ3) is 0.902. The fourth-order valence-corrected chi connectivity index (χ4v) is 1.01. The molecule has 0 amide bonds. The first kappa shape index (κ1) is 6.09. The van der Waals surface area contributed by atoms with Crippen LogP contribution in [0.2, 0.25) is 0 Å². The highest BCUT2D eigenvalue weighted by Gasteiger charge is 1.95. The number of carbonyl (C=O) groups is 1. The Bertz CT molecular complexity index is 392. The van der Waals surface area contributed by atoms with Gasteiger partial charge in [-0.05, 0) is 18.2 Å². The lowest BCUT2D eigenvalue weighted by Gasteiger charge is -1.88. The van der Waals surface area contributed by atoms with E-state index in [4.69, 9.17) is 0 Å². The molecule has 0 spiro atoms. The lowest BCUT2D eigenvalue weighted by molar-refractivity contribution is 0.111. The highest BCUT2D eigenvalue weighted by molar-refractivity contribution is 5.81. The number of pyridine rings is 1. The van der Waals surface area contributed by atoms with Gasteiger partial charge in [-0.15, -0.1) is 0 Å². The second-order valence-electron chi connectivity index (χ2n) is 2.27. The van der Waals surface area contributed by atoms with Crippen LogP contribution >= 0.6 is 0 Å². The van der Waals surface area contributed by atoms with Crippen LogP contribution in [0.4, 0.5) is 0 Å². The maximum atomic E-state index is 10.3. The van der Waals surface area contributed by atoms with Crippen LogP contribution in [0, 0.1) is 0 Å². The van der Waals surface area contributed by atoms with Crippen LogP contribution in [0.15, 0.2) is 24.4 Å². The van der Waals surface area contributed by atoms with E-state index in [1.165, 1.54) is 0 Å². The molecule has 0 saturated heterocycles. The second-order valence-corrected chi connectivity index (χ2v) is 2.27. The molecule has 0 aliphatic carbocycles. The number of nitrogens with one attached hydrogen (secondary N) is 1. The van der Waals surface area contributed by atoms with Gasteiger partial charge in [-0.2, -0.15) is 0 Å². The lowest BCUT2D eigenvalue weighted by atomic mass is 10.3. The smallest absolute Gasteiger partial charge is 0.168 e. The molecular formula is C8H6N2O. The standard InChI is InChI=1S/C8H6N2O/c11-5-7-2-1-6-3-4-9-8(6)10-7/h1-5H,(H,9,10). The Labute approximate surface area is 63.1 Å². The molecule has 0 atom stereocenters. The Morgan fingerprint density at radius 2 is 2.27 bits per heavy atom. The Balaban J connectivity index is 2.76. The monoisotopic (exact) mass is 146 g/mol. The molecule has 3 heteroatoms. The number of carbonyl (C=O) groups excluding carboxylic acids is 1. The Morgan fingerprint density at radius 1 is 1.36 bits per heavy atom. The van der Waals surface area contributed by atoms with E-state index in [1.807, 2.05) is 12.1 Å². The fourth-order valence-electron chi connectivity index (χ4n) is 1.01. The van der Waals surface area contributed by atoms with Crippen molar-refractivity contribution in [2.45, 2.75) is 0 Å². The van der Waals surface area contributed by atoms with E-state index in [-0.39, 0.29) is 0 Å². The highest BCUT2D eigenvalue weighted by Crippen LogP contribution is 2.08. The molecule has 2 aromatic rings. The van der Waals surface area contributed by atoms with Crippen molar-refractivity contribution in [2.24, 2.45) is 0 Å². The zero-order chi connectivity index (χ0) is 7.68. The number of aldehydes is 1. The van der Waals surface area contributed by atoms with Crippen molar-refractivity contribution in [2.75, 3.05) is 0 Å². The van der Waals surface area contributed by atoms with Gasteiger partial charge in [-0.3, -0.25) is 4.79 Å². The van der Waals surface area contributed by atoms with Gasteiger partial charge < -0.3 is 4.98 Å². The first-order valence-electron chi connectivity index (χ1n) is 3.29. The highest BCUT2D eigenvalue weighted by atomic mass is 16.1. The first-order chi connectivity index (χ1) is 5.40. The Morgan fingerprint density at radius 3 is 3.09 bits per heavy atom. The minimum Gasteiger partial charge on any atom is -0.346 e. The molecule has 54 valence electrons. The summed E-state index contributed by atoms with van der Waals surface area (Å²) < 4.78 is 0. The van der Waals surface area contributed by atoms with E-state index in [1.54, 1.807) is 12.3 Å². The summed E-state index contributed by atoms with van der Waals surface area (Å²) in [5, 5.41) is 1.02. The van der Waals surface area contributed by atoms with Crippen molar-refractivity contribution in [3.05, 3.63) is 30.1 Å². The summed E-state index contributed by atoms with van der Waals surface area (Å²) in [4.78, 5) is 17.3. The molecule has 0 saturated carbocycles. The van der Waals surface area contributed by atoms with Gasteiger partial charge in [0.25, 0.3) is 0 Å². The summed E-state index contributed by atoms with van der Waals surface area (Å²) in [6.45, 7) is 0. The molecule has 11 heavy (non-hydrogen) atoms. The molecule has 2 rings (SSSR count). The average Bonchev–Trinajstić information content (AvgIpc) is 2.50. The summed E-state index contributed by atoms with van der Waals surface area (Å²) in [5.41, 5.74) is 1.22. The predicted octanol–water partition coefficient (Wildman–Crippen LogP) is 1.38. The number of rotatable bonds is 1. The van der Waals surface area contributed by atoms with Crippen molar-refractivity contribution < 1.29 is 4.79 Å².